The van der Waals surface area contributed by atoms with Crippen molar-refractivity contribution in [2.75, 3.05) is 0 Å². The number of hydrogen-bond acceptors (Lipinski definition) is 3. The number of halogens is 1. The van der Waals surface area contributed by atoms with Gasteiger partial charge in [0.2, 0.25) is 0 Å². The summed E-state index contributed by atoms with van der Waals surface area (Å²) in [6, 6.07) is 8.59. The van der Waals surface area contributed by atoms with E-state index in [1.54, 1.807) is 18.3 Å². The third-order valence-corrected chi connectivity index (χ3v) is 3.23. The summed E-state index contributed by atoms with van der Waals surface area (Å²) in [4.78, 5) is 4.32. The third kappa shape index (κ3) is 3.36. The summed E-state index contributed by atoms with van der Waals surface area (Å²) in [5.74, 6) is 5.38. The molecular weight excluding hydrogens is 241 g/mol. The van der Waals surface area contributed by atoms with E-state index in [0.717, 1.165) is 22.4 Å². The van der Waals surface area contributed by atoms with Crippen LogP contribution < -0.4 is 11.3 Å². The number of pyridine rings is 1. The van der Waals surface area contributed by atoms with Gasteiger partial charge in [-0.1, -0.05) is 6.07 Å². The zero-order chi connectivity index (χ0) is 13.8. The second kappa shape index (κ2) is 5.91. The van der Waals surface area contributed by atoms with Crippen molar-refractivity contribution in [1.29, 1.82) is 0 Å². The van der Waals surface area contributed by atoms with E-state index in [4.69, 9.17) is 5.84 Å². The molecule has 19 heavy (non-hydrogen) atoms. The Bertz CT molecular complexity index is 569. The highest BCUT2D eigenvalue weighted by atomic mass is 19.1. The van der Waals surface area contributed by atoms with Gasteiger partial charge >= 0.3 is 0 Å². The zero-order valence-corrected chi connectivity index (χ0v) is 11.2. The number of aromatic nitrogens is 1. The van der Waals surface area contributed by atoms with Gasteiger partial charge in [-0.05, 0) is 61.2 Å². The first-order valence-corrected chi connectivity index (χ1v) is 6.24. The lowest BCUT2D eigenvalue weighted by Crippen LogP contribution is -2.30. The van der Waals surface area contributed by atoms with Crippen LogP contribution in [-0.4, -0.2) is 4.98 Å². The SMILES string of the molecule is Cc1ccnc(C(Cc2cc(F)ccc2C)NN)c1. The number of hydrogen-bond donors (Lipinski definition) is 2. The monoisotopic (exact) mass is 259 g/mol. The fourth-order valence-electron chi connectivity index (χ4n) is 2.08. The molecule has 0 aliphatic carbocycles. The first-order chi connectivity index (χ1) is 9.10. The molecule has 0 fully saturated rings. The highest BCUT2D eigenvalue weighted by Crippen LogP contribution is 2.20. The lowest BCUT2D eigenvalue weighted by atomic mass is 9.98. The third-order valence-electron chi connectivity index (χ3n) is 3.23. The molecule has 0 bridgehead atoms. The quantitative estimate of drug-likeness (QED) is 0.655. The van der Waals surface area contributed by atoms with Crippen molar-refractivity contribution in [2.24, 2.45) is 5.84 Å². The van der Waals surface area contributed by atoms with Gasteiger partial charge in [0, 0.05) is 6.20 Å². The maximum atomic E-state index is 13.3. The molecule has 0 saturated heterocycles. The topological polar surface area (TPSA) is 50.9 Å². The van der Waals surface area contributed by atoms with Crippen molar-refractivity contribution in [3.05, 3.63) is 64.7 Å². The lowest BCUT2D eigenvalue weighted by Gasteiger charge is -2.17. The van der Waals surface area contributed by atoms with Crippen LogP contribution in [0.2, 0.25) is 0 Å². The van der Waals surface area contributed by atoms with Gasteiger partial charge in [0.05, 0.1) is 11.7 Å². The minimum atomic E-state index is -0.228. The highest BCUT2D eigenvalue weighted by Gasteiger charge is 2.14. The first kappa shape index (κ1) is 13.6. The van der Waals surface area contributed by atoms with E-state index in [1.807, 2.05) is 26.0 Å². The molecule has 0 aliphatic heterocycles. The van der Waals surface area contributed by atoms with Crippen LogP contribution in [0.5, 0.6) is 0 Å². The Morgan fingerprint density at radius 2 is 2.05 bits per heavy atom. The van der Waals surface area contributed by atoms with Gasteiger partial charge in [0.15, 0.2) is 0 Å². The number of hydrazine groups is 1. The predicted octanol–water partition coefficient (Wildman–Crippen LogP) is 2.58. The van der Waals surface area contributed by atoms with Gasteiger partial charge in [-0.2, -0.15) is 0 Å². The van der Waals surface area contributed by atoms with Crippen LogP contribution in [0.25, 0.3) is 0 Å². The van der Waals surface area contributed by atoms with E-state index in [1.165, 1.54) is 6.07 Å². The van der Waals surface area contributed by atoms with E-state index < -0.39 is 0 Å². The molecule has 2 aromatic rings. The van der Waals surface area contributed by atoms with Gasteiger partial charge in [-0.3, -0.25) is 16.3 Å². The average molecular weight is 259 g/mol. The smallest absolute Gasteiger partial charge is 0.123 e. The van der Waals surface area contributed by atoms with Crippen LogP contribution >= 0.6 is 0 Å². The Morgan fingerprint density at radius 1 is 1.26 bits per heavy atom. The van der Waals surface area contributed by atoms with Crippen LogP contribution in [0.4, 0.5) is 4.39 Å². The maximum absolute atomic E-state index is 13.3. The summed E-state index contributed by atoms with van der Waals surface area (Å²) in [6.07, 6.45) is 2.37. The summed E-state index contributed by atoms with van der Waals surface area (Å²) < 4.78 is 13.3. The number of nitrogens with one attached hydrogen (secondary N) is 1. The summed E-state index contributed by atoms with van der Waals surface area (Å²) in [5, 5.41) is 0. The minimum Gasteiger partial charge on any atom is -0.271 e. The molecule has 1 unspecified atom stereocenters. The van der Waals surface area contributed by atoms with Gasteiger partial charge in [-0.15, -0.1) is 0 Å². The number of nitrogens with two attached hydrogens (primary N) is 1. The molecular formula is C15H18FN3. The average Bonchev–Trinajstić information content (AvgIpc) is 2.39. The number of nitrogens with zero attached hydrogens (tertiary/aromatic N) is 1. The summed E-state index contributed by atoms with van der Waals surface area (Å²) >= 11 is 0. The predicted molar refractivity (Wildman–Crippen MR) is 73.9 cm³/mol. The van der Waals surface area contributed by atoms with Crippen LogP contribution in [-0.2, 0) is 6.42 Å². The fraction of sp³-hybridized carbons (Fsp3) is 0.267. The van der Waals surface area contributed by atoms with E-state index in [9.17, 15) is 4.39 Å². The van der Waals surface area contributed by atoms with Crippen molar-refractivity contribution in [3.8, 4) is 0 Å². The number of benzene rings is 1. The maximum Gasteiger partial charge on any atom is 0.123 e. The van der Waals surface area contributed by atoms with Crippen molar-refractivity contribution < 1.29 is 4.39 Å². The molecule has 3 N–H and O–H groups in total. The van der Waals surface area contributed by atoms with Gasteiger partial charge in [-0.25, -0.2) is 4.39 Å². The standard InChI is InChI=1S/C15H18FN3/c1-10-5-6-18-14(7-10)15(19-17)9-12-8-13(16)4-3-11(12)2/h3-8,15,19H,9,17H2,1-2H3. The molecule has 1 aromatic carbocycles. The zero-order valence-electron chi connectivity index (χ0n) is 11.2. The molecule has 4 heteroatoms. The molecule has 0 spiro atoms. The molecule has 3 nitrogen and oxygen atoms in total. The van der Waals surface area contributed by atoms with Crippen molar-refractivity contribution >= 4 is 0 Å². The number of aryl methyl sites for hydroxylation is 2. The largest absolute Gasteiger partial charge is 0.271 e. The second-order valence-corrected chi connectivity index (χ2v) is 4.75. The fourth-order valence-corrected chi connectivity index (χ4v) is 2.08. The molecule has 0 saturated carbocycles. The highest BCUT2D eigenvalue weighted by molar-refractivity contribution is 5.29. The van der Waals surface area contributed by atoms with Gasteiger partial charge < -0.3 is 0 Å². The van der Waals surface area contributed by atoms with Crippen molar-refractivity contribution in [2.45, 2.75) is 26.3 Å². The normalized spacial score (nSPS) is 12.4. The summed E-state index contributed by atoms with van der Waals surface area (Å²) in [5.41, 5.74) is 6.74. The number of rotatable bonds is 4. The molecule has 0 amide bonds. The molecule has 1 aromatic heterocycles. The van der Waals surface area contributed by atoms with Crippen molar-refractivity contribution in [1.82, 2.24) is 10.4 Å². The minimum absolute atomic E-state index is 0.125. The van der Waals surface area contributed by atoms with E-state index in [-0.39, 0.29) is 11.9 Å². The Labute approximate surface area is 112 Å². The Hall–Kier alpha value is -1.78. The molecule has 1 atom stereocenters. The van der Waals surface area contributed by atoms with Crippen LogP contribution in [0.1, 0.15) is 28.4 Å². The van der Waals surface area contributed by atoms with Crippen molar-refractivity contribution in [3.63, 3.8) is 0 Å². The Kier molecular flexibility index (Phi) is 4.24. The van der Waals surface area contributed by atoms with Crippen LogP contribution in [0.3, 0.4) is 0 Å². The first-order valence-electron chi connectivity index (χ1n) is 6.24. The van der Waals surface area contributed by atoms with Crippen LogP contribution in [0.15, 0.2) is 36.5 Å². The van der Waals surface area contributed by atoms with Gasteiger partial charge in [0.1, 0.15) is 5.82 Å². The van der Waals surface area contributed by atoms with E-state index in [0.29, 0.717) is 6.42 Å². The molecule has 100 valence electrons. The van der Waals surface area contributed by atoms with E-state index >= 15 is 0 Å². The van der Waals surface area contributed by atoms with Gasteiger partial charge in [0.25, 0.3) is 0 Å². The molecule has 1 heterocycles. The lowest BCUT2D eigenvalue weighted by molar-refractivity contribution is 0.534. The molecule has 2 rings (SSSR count). The Morgan fingerprint density at radius 3 is 2.74 bits per heavy atom. The van der Waals surface area contributed by atoms with Crippen LogP contribution in [0, 0.1) is 19.7 Å². The summed E-state index contributed by atoms with van der Waals surface area (Å²) in [6.45, 7) is 3.97. The molecule has 0 radical (unpaired) electrons. The molecule has 0 aliphatic rings. The Balaban J connectivity index is 2.26. The second-order valence-electron chi connectivity index (χ2n) is 4.75. The van der Waals surface area contributed by atoms with E-state index in [2.05, 4.69) is 10.4 Å². The summed E-state index contributed by atoms with van der Waals surface area (Å²) in [7, 11) is 0.